The predicted octanol–water partition coefficient (Wildman–Crippen LogP) is 3.88. The summed E-state index contributed by atoms with van der Waals surface area (Å²) in [5.41, 5.74) is -0.164. The second kappa shape index (κ2) is 48.3. The Morgan fingerprint density at radius 3 is 1.27 bits per heavy atom. The van der Waals surface area contributed by atoms with Gasteiger partial charge in [-0.15, -0.1) is 0 Å². The van der Waals surface area contributed by atoms with Crippen LogP contribution in [0.15, 0.2) is 37.5 Å². The third-order valence-electron chi connectivity index (χ3n) is 11.2. The third-order valence-corrected chi connectivity index (χ3v) is 17.7. The Hall–Kier alpha value is -2.42. The molecule has 0 saturated heterocycles. The molecule has 0 rings (SSSR count). The Labute approximate surface area is 489 Å². The van der Waals surface area contributed by atoms with Gasteiger partial charge in [0.15, 0.2) is 0 Å². The Kier molecular flexibility index (Phi) is 52.3. The summed E-state index contributed by atoms with van der Waals surface area (Å²) >= 11 is 1.67. The van der Waals surface area contributed by atoms with Gasteiger partial charge >= 0.3 is 20.4 Å². The average molecular weight is 1220 g/mol. The molecule has 6 amide bonds. The molecule has 29 heteroatoms. The van der Waals surface area contributed by atoms with Gasteiger partial charge in [-0.05, 0) is 38.3 Å². The Bertz CT molecular complexity index is 1940. The molecule has 0 spiro atoms. The molecule has 0 bridgehead atoms. The van der Waals surface area contributed by atoms with E-state index in [0.717, 1.165) is 55.4 Å². The van der Waals surface area contributed by atoms with Gasteiger partial charge in [0.2, 0.25) is 35.4 Å². The molecule has 4 radical (unpaired) electrons. The van der Waals surface area contributed by atoms with Crippen molar-refractivity contribution in [3.63, 3.8) is 0 Å². The number of rotatable bonds is 40. The van der Waals surface area contributed by atoms with E-state index in [-0.39, 0.29) is 67.2 Å². The van der Waals surface area contributed by atoms with E-state index in [4.69, 9.17) is 13.5 Å². The molecule has 3 unspecified atom stereocenters. The zero-order chi connectivity index (χ0) is 59.4. The van der Waals surface area contributed by atoms with Gasteiger partial charge in [-0.3, -0.25) is 37.9 Å². The SMILES string of the molecule is C=C(C)C(=O)NCCC[N+](C)(C)CCCS(=O)(=O)O.C=CC(=O)NCCSSCCNC(=O)C=C.CCC(C)C(=O)NCCSSCCNC(=O)C(C)CC(C)(CC)C(=O)NCCC[N+](C)(C)CCCS(=O)(=O)O.[B].[NH]=[Al]. The first-order valence-corrected chi connectivity index (χ1v) is 34.0. The van der Waals surface area contributed by atoms with E-state index >= 15 is 0 Å². The van der Waals surface area contributed by atoms with Crippen LogP contribution in [-0.2, 0) is 49.0 Å². The first-order chi connectivity index (χ1) is 35.3. The van der Waals surface area contributed by atoms with Crippen molar-refractivity contribution in [2.75, 3.05) is 128 Å². The number of nitrogens with zero attached hydrogens (tertiary/aromatic N) is 2. The minimum absolute atomic E-state index is 0. The second-order valence-corrected chi connectivity index (χ2v) is 27.8. The molecule has 0 saturated carbocycles. The predicted molar refractivity (Wildman–Crippen MR) is 324 cm³/mol. The summed E-state index contributed by atoms with van der Waals surface area (Å²) in [4.78, 5) is 70.1. The summed E-state index contributed by atoms with van der Waals surface area (Å²) in [6.45, 7) is 27.9. The number of carbonyl (C=O) groups is 6. The van der Waals surface area contributed by atoms with Crippen LogP contribution in [0.1, 0.15) is 86.5 Å². The monoisotopic (exact) mass is 1220 g/mol. The topological polar surface area (TPSA) is 307 Å². The van der Waals surface area contributed by atoms with Gasteiger partial charge in [0.05, 0.1) is 65.9 Å². The summed E-state index contributed by atoms with van der Waals surface area (Å²) in [6.07, 6.45) is 6.75. The van der Waals surface area contributed by atoms with Crippen molar-refractivity contribution in [2.45, 2.75) is 86.5 Å². The molecule has 77 heavy (non-hydrogen) atoms. The normalized spacial score (nSPS) is 12.7. The first-order valence-electron chi connectivity index (χ1n) is 25.2. The zero-order valence-corrected chi connectivity index (χ0v) is 53.7. The molecule has 0 aromatic rings. The van der Waals surface area contributed by atoms with Crippen LogP contribution < -0.4 is 31.9 Å². The Balaban J connectivity index is -0.000000377. The van der Waals surface area contributed by atoms with E-state index in [0.29, 0.717) is 92.6 Å². The van der Waals surface area contributed by atoms with E-state index in [9.17, 15) is 45.6 Å². The van der Waals surface area contributed by atoms with Gasteiger partial charge in [-0.1, -0.05) is 97.5 Å². The van der Waals surface area contributed by atoms with Gasteiger partial charge in [0, 0.05) is 119 Å². The fraction of sp³-hybridized carbons (Fsp3) is 0.750. The molecule has 444 valence electrons. The van der Waals surface area contributed by atoms with Gasteiger partial charge in [-0.25, -0.2) is 0 Å². The molecule has 0 aromatic carbocycles. The van der Waals surface area contributed by atoms with Crippen LogP contribution in [0.5, 0.6) is 0 Å². The maximum atomic E-state index is 13.0. The van der Waals surface area contributed by atoms with Crippen LogP contribution in [0, 0.1) is 21.6 Å². The van der Waals surface area contributed by atoms with E-state index < -0.39 is 25.7 Å². The van der Waals surface area contributed by atoms with Crippen LogP contribution >= 0.6 is 43.2 Å². The molecule has 0 aliphatic carbocycles. The number of hydrogen-bond acceptors (Lipinski definition) is 15. The number of quaternary nitrogens is 2. The molecule has 0 aliphatic heterocycles. The molecular weight excluding hydrogens is 1120 g/mol. The summed E-state index contributed by atoms with van der Waals surface area (Å²) in [5, 5.41) is 17.0. The Morgan fingerprint density at radius 1 is 0.610 bits per heavy atom. The number of nitrogens with one attached hydrogen (secondary N) is 7. The van der Waals surface area contributed by atoms with E-state index in [1.807, 2.05) is 62.8 Å². The van der Waals surface area contributed by atoms with Crippen molar-refractivity contribution in [3.05, 3.63) is 37.5 Å². The van der Waals surface area contributed by atoms with Crippen LogP contribution in [0.2, 0.25) is 0 Å². The number of hydrogen-bond donors (Lipinski definition) is 9. The van der Waals surface area contributed by atoms with E-state index in [1.165, 1.54) is 12.2 Å². The quantitative estimate of drug-likeness (QED) is 0.0105. The first kappa shape index (κ1) is 83.4. The zero-order valence-electron chi connectivity index (χ0n) is 47.7. The van der Waals surface area contributed by atoms with Gasteiger partial charge in [-0.2, -0.15) is 16.8 Å². The summed E-state index contributed by atoms with van der Waals surface area (Å²) < 4.78 is 67.5. The van der Waals surface area contributed by atoms with Gasteiger partial charge in [0.25, 0.3) is 20.2 Å². The minimum atomic E-state index is -3.94. The second-order valence-electron chi connectivity index (χ2n) is 19.2. The van der Waals surface area contributed by atoms with Crippen LogP contribution in [-0.4, -0.2) is 223 Å². The van der Waals surface area contributed by atoms with Gasteiger partial charge in [0.1, 0.15) is 0 Å². The molecule has 0 heterocycles. The van der Waals surface area contributed by atoms with Crippen LogP contribution in [0.25, 0.3) is 0 Å². The molecule has 0 aliphatic rings. The summed E-state index contributed by atoms with van der Waals surface area (Å²) in [5.74, 6) is 2.06. The summed E-state index contributed by atoms with van der Waals surface area (Å²) in [6, 6.07) is 0. The fourth-order valence-corrected chi connectivity index (χ4v) is 10.9. The van der Waals surface area contributed by atoms with E-state index in [2.05, 4.69) is 51.6 Å². The van der Waals surface area contributed by atoms with Gasteiger partial charge < -0.3 is 40.9 Å². The van der Waals surface area contributed by atoms with Crippen LogP contribution in [0.4, 0.5) is 0 Å². The van der Waals surface area contributed by atoms with Crippen molar-refractivity contribution >= 4 is 123 Å². The average Bonchev–Trinajstić information content (AvgIpc) is 3.34. The Morgan fingerprint density at radius 2 is 0.948 bits per heavy atom. The van der Waals surface area contributed by atoms with Crippen molar-refractivity contribution in [2.24, 2.45) is 17.3 Å². The van der Waals surface area contributed by atoms with Crippen molar-refractivity contribution in [3.8, 4) is 0 Å². The molecular formula is C48H95AlBN9O12S6+2. The molecule has 3 atom stereocenters. The van der Waals surface area contributed by atoms with E-state index in [1.54, 1.807) is 66.2 Å². The number of carbonyl (C=O) groups excluding carboxylic acids is 6. The van der Waals surface area contributed by atoms with Crippen molar-refractivity contribution < 1.29 is 63.7 Å². The standard InChI is InChI=1S/C26H52N4O6S3.C12H24N2O4S.C10H16N2O2S2.Al.B.HN/c1-8-21(3)23(31)27-13-17-37-38-18-14-28-24(32)22(4)20-26(5,9-2)25(33)29-12-10-15-30(6,7)16-11-19-39(34,35)36;1-11(2)12(15)13-7-5-8-14(3,4)9-6-10-19(16,17)18;1-3-9(13)11-5-7-15-16-8-6-12-10(14)4-2;;;/h21-22H,8-20H2,1-7H3,(H3-,27,28,29,31,32,33,34,35,36);1,5-10H2,2-4H3,(H-,13,15,16,17,18);3-4H,1-2,5-8H2,(H,11,13)(H,12,14);;;1H/p+2. The molecule has 0 fully saturated rings. The molecule has 9 N–H and O–H groups in total. The van der Waals surface area contributed by atoms with Crippen LogP contribution in [0.3, 0.4) is 0 Å². The molecule has 21 nitrogen and oxygen atoms in total. The fourth-order valence-electron chi connectivity index (χ4n) is 6.30. The van der Waals surface area contributed by atoms with Crippen molar-refractivity contribution in [1.82, 2.24) is 31.9 Å². The number of amides is 6. The summed E-state index contributed by atoms with van der Waals surface area (Å²) in [7, 11) is 6.80. The van der Waals surface area contributed by atoms with Crippen molar-refractivity contribution in [1.29, 1.82) is 4.35 Å². The maximum absolute atomic E-state index is 13.0. The third kappa shape index (κ3) is 54.0. The molecule has 0 aromatic heterocycles.